The molecular weight excluding hydrogens is 440 g/mol. The first kappa shape index (κ1) is 21.7. The Bertz CT molecular complexity index is 1360. The molecule has 0 saturated carbocycles. The molecule has 3 aromatic carbocycles. The van der Waals surface area contributed by atoms with Crippen LogP contribution in [-0.4, -0.2) is 6.54 Å². The Hall–Kier alpha value is -3.08. The fourth-order valence-electron chi connectivity index (χ4n) is 4.15. The Morgan fingerprint density at radius 1 is 0.909 bits per heavy atom. The van der Waals surface area contributed by atoms with Crippen LogP contribution in [0.3, 0.4) is 0 Å². The summed E-state index contributed by atoms with van der Waals surface area (Å²) in [5, 5.41) is 2.54. The minimum Gasteiger partial charge on any atom is -0.335 e. The molecule has 1 aliphatic heterocycles. The lowest BCUT2D eigenvalue weighted by Gasteiger charge is -2.18. The maximum atomic E-state index is 2.41. The Morgan fingerprint density at radius 2 is 1.67 bits per heavy atom. The molecule has 0 saturated heterocycles. The summed E-state index contributed by atoms with van der Waals surface area (Å²) >= 11 is 3.71. The number of aryl methyl sites for hydroxylation is 1. The zero-order chi connectivity index (χ0) is 22.6. The van der Waals surface area contributed by atoms with Crippen molar-refractivity contribution in [3.05, 3.63) is 112 Å². The van der Waals surface area contributed by atoms with Gasteiger partial charge in [0.05, 0.1) is 10.7 Å². The minimum atomic E-state index is 0.948. The molecule has 33 heavy (non-hydrogen) atoms. The van der Waals surface area contributed by atoms with Gasteiger partial charge in [0.15, 0.2) is 0 Å². The van der Waals surface area contributed by atoms with Crippen molar-refractivity contribution in [2.75, 3.05) is 11.4 Å². The Morgan fingerprint density at radius 3 is 2.48 bits per heavy atom. The lowest BCUT2D eigenvalue weighted by Crippen LogP contribution is -2.33. The number of thiazole rings is 1. The molecule has 1 aromatic heterocycles. The van der Waals surface area contributed by atoms with Crippen LogP contribution < -0.4 is 9.47 Å². The van der Waals surface area contributed by atoms with E-state index in [2.05, 4.69) is 126 Å². The lowest BCUT2D eigenvalue weighted by molar-refractivity contribution is -0.665. The Labute approximate surface area is 204 Å². The van der Waals surface area contributed by atoms with Crippen molar-refractivity contribution in [3.63, 3.8) is 0 Å². The van der Waals surface area contributed by atoms with Gasteiger partial charge in [0.25, 0.3) is 5.01 Å². The van der Waals surface area contributed by atoms with E-state index in [0.29, 0.717) is 0 Å². The molecule has 4 aromatic rings. The molecule has 0 N–H and O–H groups in total. The van der Waals surface area contributed by atoms with Crippen LogP contribution in [0.4, 0.5) is 5.69 Å². The second-order valence-electron chi connectivity index (χ2n) is 7.84. The largest absolute Gasteiger partial charge is 0.335 e. The van der Waals surface area contributed by atoms with Gasteiger partial charge in [0.2, 0.25) is 5.52 Å². The van der Waals surface area contributed by atoms with Crippen LogP contribution in [0.15, 0.2) is 107 Å². The van der Waals surface area contributed by atoms with Gasteiger partial charge in [0, 0.05) is 23.6 Å². The quantitative estimate of drug-likeness (QED) is 0.211. The second-order valence-corrected chi connectivity index (χ2v) is 9.96. The number of hydrogen-bond donors (Lipinski definition) is 0. The summed E-state index contributed by atoms with van der Waals surface area (Å²) < 4.78 is 3.73. The molecule has 5 rings (SSSR count). The molecule has 0 amide bonds. The smallest absolute Gasteiger partial charge is 0.263 e. The number of fused-ring (bicyclic) bond motifs is 2. The average Bonchev–Trinajstić information content (AvgIpc) is 3.39. The fourth-order valence-corrected chi connectivity index (χ4v) is 6.53. The topological polar surface area (TPSA) is 7.12 Å². The lowest BCUT2D eigenvalue weighted by atomic mass is 10.1. The van der Waals surface area contributed by atoms with Gasteiger partial charge in [-0.2, -0.15) is 4.57 Å². The third-order valence-electron chi connectivity index (χ3n) is 5.75. The normalized spacial score (nSPS) is 15.2. The summed E-state index contributed by atoms with van der Waals surface area (Å²) in [7, 11) is 0. The maximum Gasteiger partial charge on any atom is 0.263 e. The maximum absolute atomic E-state index is 2.41. The number of rotatable bonds is 6. The molecule has 0 fully saturated rings. The molecule has 1 aliphatic rings. The van der Waals surface area contributed by atoms with Gasteiger partial charge < -0.3 is 4.90 Å². The highest BCUT2D eigenvalue weighted by Crippen LogP contribution is 2.46. The third-order valence-corrected chi connectivity index (χ3v) is 7.98. The van der Waals surface area contributed by atoms with Crippen LogP contribution in [0, 0.1) is 0 Å². The number of aromatic nitrogens is 1. The standard InChI is InChI=1S/C29H27N2S2/c1-3-30-24-14-8-10-16-26(24)32-28(30)20-23(19-18-22-12-6-5-7-13-22)21-29-31(4-2)25-15-9-11-17-27(25)33-29/h5-21H,3-4H2,1-2H3/q+1/b19-18+. The highest BCUT2D eigenvalue weighted by molar-refractivity contribution is 8.03. The summed E-state index contributed by atoms with van der Waals surface area (Å²) in [6.45, 7) is 6.33. The number of benzene rings is 3. The first-order valence-electron chi connectivity index (χ1n) is 11.4. The average molecular weight is 468 g/mol. The summed E-state index contributed by atoms with van der Waals surface area (Å²) in [5.74, 6) is 0. The van der Waals surface area contributed by atoms with E-state index in [9.17, 15) is 0 Å². The molecule has 2 nitrogen and oxygen atoms in total. The Balaban J connectivity index is 1.60. The van der Waals surface area contributed by atoms with Crippen molar-refractivity contribution in [1.82, 2.24) is 0 Å². The predicted octanol–water partition coefficient (Wildman–Crippen LogP) is 7.78. The number of hydrogen-bond acceptors (Lipinski definition) is 3. The second kappa shape index (κ2) is 9.82. The van der Waals surface area contributed by atoms with Crippen LogP contribution in [-0.2, 0) is 6.54 Å². The molecular formula is C29H27N2S2+. The number of nitrogens with zero attached hydrogens (tertiary/aromatic N) is 2. The zero-order valence-corrected chi connectivity index (χ0v) is 20.6. The number of allylic oxidation sites excluding steroid dienone is 3. The predicted molar refractivity (Wildman–Crippen MR) is 145 cm³/mol. The number of para-hydroxylation sites is 2. The van der Waals surface area contributed by atoms with Crippen molar-refractivity contribution < 1.29 is 4.57 Å². The minimum absolute atomic E-state index is 0.948. The summed E-state index contributed by atoms with van der Waals surface area (Å²) in [6.07, 6.45) is 9.11. The molecule has 0 unspecified atom stereocenters. The molecule has 0 spiro atoms. The van der Waals surface area contributed by atoms with Crippen molar-refractivity contribution in [2.45, 2.75) is 25.3 Å². The van der Waals surface area contributed by atoms with E-state index in [1.165, 1.54) is 42.0 Å². The van der Waals surface area contributed by atoms with E-state index in [4.69, 9.17) is 0 Å². The van der Waals surface area contributed by atoms with E-state index in [1.807, 2.05) is 23.1 Å². The molecule has 164 valence electrons. The van der Waals surface area contributed by atoms with Crippen LogP contribution in [0.1, 0.15) is 24.4 Å². The fraction of sp³-hybridized carbons (Fsp3) is 0.138. The van der Waals surface area contributed by atoms with Crippen LogP contribution in [0.5, 0.6) is 0 Å². The first-order valence-corrected chi connectivity index (χ1v) is 13.0. The zero-order valence-electron chi connectivity index (χ0n) is 18.9. The highest BCUT2D eigenvalue weighted by Gasteiger charge is 2.24. The molecule has 0 radical (unpaired) electrons. The van der Waals surface area contributed by atoms with Crippen molar-refractivity contribution in [2.24, 2.45) is 0 Å². The van der Waals surface area contributed by atoms with Gasteiger partial charge >= 0.3 is 0 Å². The van der Waals surface area contributed by atoms with E-state index in [0.717, 1.165) is 13.1 Å². The van der Waals surface area contributed by atoms with E-state index >= 15 is 0 Å². The van der Waals surface area contributed by atoms with Gasteiger partial charge in [-0.05, 0) is 49.3 Å². The summed E-state index contributed by atoms with van der Waals surface area (Å²) in [4.78, 5) is 3.73. The molecule has 0 aliphatic carbocycles. The molecule has 2 heterocycles. The monoisotopic (exact) mass is 467 g/mol. The van der Waals surface area contributed by atoms with E-state index in [-0.39, 0.29) is 0 Å². The van der Waals surface area contributed by atoms with Crippen LogP contribution in [0.25, 0.3) is 22.4 Å². The summed E-state index contributed by atoms with van der Waals surface area (Å²) in [5.41, 5.74) is 5.00. The first-order chi connectivity index (χ1) is 16.3. The number of anilines is 1. The van der Waals surface area contributed by atoms with Crippen LogP contribution in [0.2, 0.25) is 0 Å². The van der Waals surface area contributed by atoms with Crippen LogP contribution >= 0.6 is 23.1 Å². The third kappa shape index (κ3) is 4.54. The Kier molecular flexibility index (Phi) is 6.47. The van der Waals surface area contributed by atoms with Crippen molar-refractivity contribution >= 4 is 51.2 Å². The van der Waals surface area contributed by atoms with Crippen molar-refractivity contribution in [3.8, 4) is 0 Å². The van der Waals surface area contributed by atoms with Gasteiger partial charge in [-0.3, -0.25) is 0 Å². The van der Waals surface area contributed by atoms with Gasteiger partial charge in [0.1, 0.15) is 11.2 Å². The van der Waals surface area contributed by atoms with Gasteiger partial charge in [-0.25, -0.2) is 0 Å². The van der Waals surface area contributed by atoms with Gasteiger partial charge in [-0.15, -0.1) is 0 Å². The SMILES string of the molecule is CCN1/C(=C/C(=C\c2sc3ccccc3[n+]2CC)/C=C/c2ccccc2)Sc2ccccc21. The molecule has 0 bridgehead atoms. The summed E-state index contributed by atoms with van der Waals surface area (Å²) in [6, 6.07) is 27.9. The van der Waals surface area contributed by atoms with E-state index in [1.54, 1.807) is 0 Å². The number of thioether (sulfide) groups is 1. The van der Waals surface area contributed by atoms with E-state index < -0.39 is 0 Å². The molecule has 4 heteroatoms. The molecule has 0 atom stereocenters. The van der Waals surface area contributed by atoms with Gasteiger partial charge in [-0.1, -0.05) is 89.8 Å². The van der Waals surface area contributed by atoms with Crippen molar-refractivity contribution in [1.29, 1.82) is 0 Å². The highest BCUT2D eigenvalue weighted by atomic mass is 32.2.